The van der Waals surface area contributed by atoms with E-state index in [0.717, 1.165) is 0 Å². The third-order valence-corrected chi connectivity index (χ3v) is 4.69. The lowest BCUT2D eigenvalue weighted by molar-refractivity contribution is 0.953. The van der Waals surface area contributed by atoms with Crippen molar-refractivity contribution < 1.29 is 0 Å². The Kier molecular flexibility index (Phi) is 8.58. The number of hydrogen-bond donors (Lipinski definition) is 0. The van der Waals surface area contributed by atoms with Crippen molar-refractivity contribution in [2.75, 3.05) is 0 Å². The molecule has 1 atom stereocenters. The molecule has 0 aromatic heterocycles. The molecule has 0 bridgehead atoms. The molecule has 3 aromatic rings. The molecule has 140 valence electrons. The van der Waals surface area contributed by atoms with E-state index >= 15 is 0 Å². The van der Waals surface area contributed by atoms with Crippen molar-refractivity contribution >= 4 is 10.8 Å². The highest BCUT2D eigenvalue weighted by Crippen LogP contribution is 2.48. The first-order chi connectivity index (χ1) is 12.7. The van der Waals surface area contributed by atoms with Gasteiger partial charge in [0.15, 0.2) is 0 Å². The van der Waals surface area contributed by atoms with Crippen LogP contribution in [0.2, 0.25) is 0 Å². The van der Waals surface area contributed by atoms with Crippen molar-refractivity contribution in [1.29, 1.82) is 0 Å². The Balaban J connectivity index is 0.000000515. The summed E-state index contributed by atoms with van der Waals surface area (Å²) in [4.78, 5) is 0. The van der Waals surface area contributed by atoms with Gasteiger partial charge in [-0.15, -0.1) is 0 Å². The maximum Gasteiger partial charge on any atom is 0.00737 e. The van der Waals surface area contributed by atoms with Crippen molar-refractivity contribution in [2.24, 2.45) is 0 Å². The van der Waals surface area contributed by atoms with Gasteiger partial charge < -0.3 is 0 Å². The van der Waals surface area contributed by atoms with E-state index in [1.54, 1.807) is 0 Å². The molecule has 3 aromatic carbocycles. The van der Waals surface area contributed by atoms with Gasteiger partial charge in [0.2, 0.25) is 0 Å². The fourth-order valence-electron chi connectivity index (χ4n) is 3.66. The zero-order valence-electron chi connectivity index (χ0n) is 18.2. The average Bonchev–Trinajstić information content (AvgIpc) is 2.99. The van der Waals surface area contributed by atoms with Gasteiger partial charge in [0.05, 0.1) is 0 Å². The van der Waals surface area contributed by atoms with Crippen molar-refractivity contribution in [3.63, 3.8) is 0 Å². The first kappa shape index (κ1) is 22.0. The second-order valence-corrected chi connectivity index (χ2v) is 6.02. The highest BCUT2D eigenvalue weighted by Gasteiger charge is 2.27. The Bertz CT molecular complexity index is 840. The molecule has 1 aliphatic rings. The molecular weight excluding hydrogens is 312 g/mol. The predicted octanol–water partition coefficient (Wildman–Crippen LogP) is 8.67. The maximum atomic E-state index is 2.39. The van der Waals surface area contributed by atoms with E-state index in [1.165, 1.54) is 44.2 Å². The lowest BCUT2D eigenvalue weighted by atomic mass is 9.93. The zero-order valence-corrected chi connectivity index (χ0v) is 18.2. The highest BCUT2D eigenvalue weighted by atomic mass is 14.3. The van der Waals surface area contributed by atoms with E-state index < -0.39 is 0 Å². The third-order valence-electron chi connectivity index (χ3n) is 4.69. The standard InChI is InChI=1S/C20H18.3C2H6/c1-12-8-9-17-18(10-12)14(3)19-11-13(2)15-6-4-5-7-16(15)20(17)19;3*1-2/h4-11,14H,1-3H3;3*1-2H3. The number of rotatable bonds is 0. The summed E-state index contributed by atoms with van der Waals surface area (Å²) >= 11 is 0. The number of aryl methyl sites for hydroxylation is 2. The van der Waals surface area contributed by atoms with Gasteiger partial charge in [0, 0.05) is 5.92 Å². The first-order valence-corrected chi connectivity index (χ1v) is 10.3. The summed E-state index contributed by atoms with van der Waals surface area (Å²) < 4.78 is 0. The molecule has 0 nitrogen and oxygen atoms in total. The van der Waals surface area contributed by atoms with Gasteiger partial charge in [-0.05, 0) is 52.4 Å². The molecule has 1 aliphatic carbocycles. The van der Waals surface area contributed by atoms with E-state index in [1.807, 2.05) is 41.5 Å². The molecule has 0 heteroatoms. The van der Waals surface area contributed by atoms with Crippen molar-refractivity contribution in [3.05, 3.63) is 70.8 Å². The Morgan fingerprint density at radius 1 is 0.654 bits per heavy atom. The van der Waals surface area contributed by atoms with Gasteiger partial charge >= 0.3 is 0 Å². The number of benzene rings is 3. The van der Waals surface area contributed by atoms with Crippen LogP contribution in [0, 0.1) is 13.8 Å². The fraction of sp³-hybridized carbons (Fsp3) is 0.385. The normalized spacial score (nSPS) is 13.2. The predicted molar refractivity (Wildman–Crippen MR) is 120 cm³/mol. The first-order valence-electron chi connectivity index (χ1n) is 10.3. The van der Waals surface area contributed by atoms with Gasteiger partial charge in [-0.3, -0.25) is 0 Å². The summed E-state index contributed by atoms with van der Waals surface area (Å²) in [5, 5.41) is 2.78. The summed E-state index contributed by atoms with van der Waals surface area (Å²) in [6.45, 7) is 18.7. The third kappa shape index (κ3) is 3.85. The topological polar surface area (TPSA) is 0 Å². The van der Waals surface area contributed by atoms with Gasteiger partial charge in [0.25, 0.3) is 0 Å². The van der Waals surface area contributed by atoms with Gasteiger partial charge in [0.1, 0.15) is 0 Å². The second kappa shape index (κ2) is 10.2. The van der Waals surface area contributed by atoms with Crippen molar-refractivity contribution in [2.45, 2.75) is 68.2 Å². The Morgan fingerprint density at radius 2 is 1.23 bits per heavy atom. The molecule has 1 unspecified atom stereocenters. The quantitative estimate of drug-likeness (QED) is 0.381. The molecule has 0 saturated heterocycles. The van der Waals surface area contributed by atoms with E-state index in [9.17, 15) is 0 Å². The Morgan fingerprint density at radius 3 is 1.85 bits per heavy atom. The van der Waals surface area contributed by atoms with E-state index in [-0.39, 0.29) is 0 Å². The lowest BCUT2D eigenvalue weighted by Gasteiger charge is -2.11. The molecular formula is C26H36. The molecule has 0 saturated carbocycles. The van der Waals surface area contributed by atoms with Crippen LogP contribution in [0.25, 0.3) is 21.9 Å². The van der Waals surface area contributed by atoms with Crippen LogP contribution in [-0.2, 0) is 0 Å². The Labute approximate surface area is 161 Å². The average molecular weight is 349 g/mol. The highest BCUT2D eigenvalue weighted by molar-refractivity contribution is 6.03. The summed E-state index contributed by atoms with van der Waals surface area (Å²) in [5.41, 5.74) is 8.58. The minimum atomic E-state index is 0.503. The van der Waals surface area contributed by atoms with Crippen molar-refractivity contribution in [1.82, 2.24) is 0 Å². The van der Waals surface area contributed by atoms with Crippen molar-refractivity contribution in [3.8, 4) is 11.1 Å². The number of hydrogen-bond acceptors (Lipinski definition) is 0. The molecule has 26 heavy (non-hydrogen) atoms. The molecule has 4 rings (SSSR count). The summed E-state index contributed by atoms with van der Waals surface area (Å²) in [7, 11) is 0. The molecule has 0 amide bonds. The lowest BCUT2D eigenvalue weighted by Crippen LogP contribution is -1.91. The van der Waals surface area contributed by atoms with Crippen LogP contribution >= 0.6 is 0 Å². The fourth-order valence-corrected chi connectivity index (χ4v) is 3.66. The maximum absolute atomic E-state index is 2.39. The molecule has 0 aliphatic heterocycles. The van der Waals surface area contributed by atoms with E-state index in [4.69, 9.17) is 0 Å². The summed E-state index contributed by atoms with van der Waals surface area (Å²) in [6, 6.07) is 18.1. The summed E-state index contributed by atoms with van der Waals surface area (Å²) in [5.74, 6) is 0.503. The molecule has 0 fully saturated rings. The monoisotopic (exact) mass is 348 g/mol. The van der Waals surface area contributed by atoms with Crippen LogP contribution in [0.5, 0.6) is 0 Å². The molecule has 0 spiro atoms. The minimum absolute atomic E-state index is 0.503. The van der Waals surface area contributed by atoms with Gasteiger partial charge in [-0.25, -0.2) is 0 Å². The smallest absolute Gasteiger partial charge is 0.00737 e. The van der Waals surface area contributed by atoms with Gasteiger partial charge in [-0.2, -0.15) is 0 Å². The Hall–Kier alpha value is -2.08. The van der Waals surface area contributed by atoms with E-state index in [2.05, 4.69) is 69.3 Å². The molecule has 0 radical (unpaired) electrons. The van der Waals surface area contributed by atoms with Crippen LogP contribution in [0.1, 0.15) is 76.6 Å². The van der Waals surface area contributed by atoms with Crippen LogP contribution in [0.15, 0.2) is 48.5 Å². The second-order valence-electron chi connectivity index (χ2n) is 6.02. The van der Waals surface area contributed by atoms with Crippen LogP contribution in [0.3, 0.4) is 0 Å². The zero-order chi connectivity index (χ0) is 19.9. The molecule has 0 N–H and O–H groups in total. The van der Waals surface area contributed by atoms with Crippen LogP contribution in [0.4, 0.5) is 0 Å². The van der Waals surface area contributed by atoms with Crippen LogP contribution < -0.4 is 0 Å². The van der Waals surface area contributed by atoms with E-state index in [0.29, 0.717) is 5.92 Å². The molecule has 0 heterocycles. The van der Waals surface area contributed by atoms with Gasteiger partial charge in [-0.1, -0.05) is 103 Å². The SMILES string of the molecule is CC.CC.CC.Cc1ccc2c(c1)C(C)c1cc(C)c3ccccc3c1-2. The summed E-state index contributed by atoms with van der Waals surface area (Å²) in [6.07, 6.45) is 0. The minimum Gasteiger partial charge on any atom is -0.0683 e. The number of fused-ring (bicyclic) bond motifs is 5. The van der Waals surface area contributed by atoms with Crippen LogP contribution in [-0.4, -0.2) is 0 Å². The largest absolute Gasteiger partial charge is 0.0683 e.